The molecule has 0 spiro atoms. The maximum Gasteiger partial charge on any atom is 0.472 e. The van der Waals surface area contributed by atoms with Crippen molar-refractivity contribution in [3.05, 3.63) is 0 Å². The summed E-state index contributed by atoms with van der Waals surface area (Å²) >= 11 is 0. The Hall–Kier alpha value is -1.94. The summed E-state index contributed by atoms with van der Waals surface area (Å²) in [6, 6.07) is 0. The molecule has 0 aromatic rings. The summed E-state index contributed by atoms with van der Waals surface area (Å²) in [5, 5.41) is 10.6. The second-order valence-corrected chi connectivity index (χ2v) is 33.4. The van der Waals surface area contributed by atoms with Gasteiger partial charge in [0, 0.05) is 25.7 Å². The molecule has 0 amide bonds. The van der Waals surface area contributed by atoms with Crippen LogP contribution in [0.2, 0.25) is 0 Å². The van der Waals surface area contributed by atoms with Gasteiger partial charge in [-0.3, -0.25) is 37.3 Å². The zero-order valence-corrected chi connectivity index (χ0v) is 66.9. The minimum atomic E-state index is -4.96. The van der Waals surface area contributed by atoms with Crippen LogP contribution in [0.4, 0.5) is 0 Å². The molecule has 6 atom stereocenters. The Morgan fingerprint density at radius 1 is 0.283 bits per heavy atom. The number of rotatable bonds is 77. The van der Waals surface area contributed by atoms with E-state index in [1.807, 2.05) is 0 Å². The van der Waals surface area contributed by atoms with Crippen LogP contribution in [0.1, 0.15) is 409 Å². The minimum Gasteiger partial charge on any atom is -0.462 e. The van der Waals surface area contributed by atoms with E-state index in [-0.39, 0.29) is 25.7 Å². The van der Waals surface area contributed by atoms with Crippen LogP contribution < -0.4 is 0 Å². The largest absolute Gasteiger partial charge is 0.472 e. The number of carbonyl (C=O) groups excluding carboxylic acids is 4. The number of carbonyl (C=O) groups is 4. The maximum absolute atomic E-state index is 13.1. The van der Waals surface area contributed by atoms with Gasteiger partial charge in [0.15, 0.2) is 12.2 Å². The quantitative estimate of drug-likeness (QED) is 0.0222. The van der Waals surface area contributed by atoms with Gasteiger partial charge in [-0.05, 0) is 49.4 Å². The Morgan fingerprint density at radius 2 is 0.485 bits per heavy atom. The number of hydrogen-bond acceptors (Lipinski definition) is 15. The first-order chi connectivity index (χ1) is 47.6. The molecule has 99 heavy (non-hydrogen) atoms. The standard InChI is InChI=1S/C80H156O17P2/c1-9-73(8)59-51-43-35-27-23-24-30-38-47-55-63-80(85)96-75(66-90-77(82)60-52-44-36-28-21-17-14-13-16-20-26-33-41-49-57-71(4)5)68-94-98(86,87)92-64-74(81)65-93-99(88,89)95-69-76(67-91-78(83)61-53-45-39-31-34-42-50-58-72(6)7)97-79(84)62-54-46-37-29-22-18-12-10-11-15-19-25-32-40-48-56-70(2)3/h70-76,81H,9-69H2,1-8H3,(H,86,87)(H,88,89)/t73?,74?,75-,76-/m1/s1. The Bertz CT molecular complexity index is 1940. The van der Waals surface area contributed by atoms with Gasteiger partial charge in [0.1, 0.15) is 19.3 Å². The zero-order valence-electron chi connectivity index (χ0n) is 65.1. The number of ether oxygens (including phenoxy) is 4. The predicted octanol–water partition coefficient (Wildman–Crippen LogP) is 23.6. The topological polar surface area (TPSA) is 237 Å². The first kappa shape index (κ1) is 97.1. The SMILES string of the molecule is CCC(C)CCCCCCCCCCCCC(=O)O[C@H](COC(=O)CCCCCCCCCCCCCCCCC(C)C)COP(=O)(O)OCC(O)COP(=O)(O)OC[C@@H](COC(=O)CCCCCCCCCC(C)C)OC(=O)CCCCCCCCCCCCCCCCCC(C)C. The molecule has 0 aliphatic heterocycles. The first-order valence-electron chi connectivity index (χ1n) is 41.2. The molecule has 3 N–H and O–H groups in total. The van der Waals surface area contributed by atoms with E-state index in [4.69, 9.17) is 37.0 Å². The van der Waals surface area contributed by atoms with Gasteiger partial charge in [-0.15, -0.1) is 0 Å². The summed E-state index contributed by atoms with van der Waals surface area (Å²) < 4.78 is 68.7. The van der Waals surface area contributed by atoms with Gasteiger partial charge in [-0.2, -0.15) is 0 Å². The average Bonchev–Trinajstić information content (AvgIpc) is 1.16. The molecule has 0 aliphatic rings. The van der Waals surface area contributed by atoms with Gasteiger partial charge in [-0.25, -0.2) is 9.13 Å². The molecule has 4 unspecified atom stereocenters. The Morgan fingerprint density at radius 3 is 0.717 bits per heavy atom. The highest BCUT2D eigenvalue weighted by Gasteiger charge is 2.30. The highest BCUT2D eigenvalue weighted by atomic mass is 31.2. The summed E-state index contributed by atoms with van der Waals surface area (Å²) in [4.78, 5) is 73.0. The lowest BCUT2D eigenvalue weighted by Gasteiger charge is -2.21. The fourth-order valence-corrected chi connectivity index (χ4v) is 13.8. The fourth-order valence-electron chi connectivity index (χ4n) is 12.2. The van der Waals surface area contributed by atoms with Crippen molar-refractivity contribution in [2.45, 2.75) is 427 Å². The first-order valence-corrected chi connectivity index (χ1v) is 44.2. The van der Waals surface area contributed by atoms with Crippen LogP contribution in [0, 0.1) is 23.7 Å². The molecule has 19 heteroatoms. The Balaban J connectivity index is 5.23. The number of unbranched alkanes of at least 4 members (excludes halogenated alkanes) is 42. The fraction of sp³-hybridized carbons (Fsp3) is 0.950. The molecule has 588 valence electrons. The molecule has 0 heterocycles. The third-order valence-electron chi connectivity index (χ3n) is 18.9. The summed E-state index contributed by atoms with van der Waals surface area (Å²) in [5.41, 5.74) is 0. The van der Waals surface area contributed by atoms with E-state index in [1.54, 1.807) is 0 Å². The van der Waals surface area contributed by atoms with Gasteiger partial charge in [0.05, 0.1) is 26.4 Å². The molecule has 0 rings (SSSR count). The zero-order chi connectivity index (χ0) is 73.1. The van der Waals surface area contributed by atoms with E-state index in [1.165, 1.54) is 205 Å². The number of aliphatic hydroxyl groups is 1. The summed E-state index contributed by atoms with van der Waals surface area (Å²) in [5.74, 6) is 0.994. The number of esters is 4. The normalized spacial score (nSPS) is 14.3. The molecule has 17 nitrogen and oxygen atoms in total. The minimum absolute atomic E-state index is 0.106. The number of aliphatic hydroxyl groups excluding tert-OH is 1. The van der Waals surface area contributed by atoms with Crippen LogP contribution in [-0.4, -0.2) is 96.7 Å². The lowest BCUT2D eigenvalue weighted by atomic mass is 9.99. The average molecular weight is 1450 g/mol. The van der Waals surface area contributed by atoms with Crippen LogP contribution in [0.25, 0.3) is 0 Å². The molecule has 0 aliphatic carbocycles. The van der Waals surface area contributed by atoms with Gasteiger partial charge < -0.3 is 33.8 Å². The van der Waals surface area contributed by atoms with Gasteiger partial charge >= 0.3 is 39.5 Å². The third-order valence-corrected chi connectivity index (χ3v) is 20.8. The molecule has 0 aromatic carbocycles. The van der Waals surface area contributed by atoms with E-state index in [2.05, 4.69) is 55.4 Å². The van der Waals surface area contributed by atoms with Crippen LogP contribution >= 0.6 is 15.6 Å². The molecular formula is C80H156O17P2. The van der Waals surface area contributed by atoms with Crippen LogP contribution in [0.3, 0.4) is 0 Å². The molecule has 0 saturated heterocycles. The van der Waals surface area contributed by atoms with Gasteiger partial charge in [-0.1, -0.05) is 357 Å². The highest BCUT2D eigenvalue weighted by Crippen LogP contribution is 2.45. The van der Waals surface area contributed by atoms with Crippen molar-refractivity contribution < 1.29 is 80.2 Å². The second-order valence-electron chi connectivity index (χ2n) is 30.5. The van der Waals surface area contributed by atoms with Crippen LogP contribution in [0.15, 0.2) is 0 Å². The lowest BCUT2D eigenvalue weighted by Crippen LogP contribution is -2.30. The molecule has 0 fully saturated rings. The summed E-state index contributed by atoms with van der Waals surface area (Å²) in [6.07, 6.45) is 55.5. The van der Waals surface area contributed by atoms with Crippen molar-refractivity contribution in [1.29, 1.82) is 0 Å². The smallest absolute Gasteiger partial charge is 0.462 e. The van der Waals surface area contributed by atoms with Crippen LogP contribution in [-0.2, 0) is 65.4 Å². The predicted molar refractivity (Wildman–Crippen MR) is 404 cm³/mol. The third kappa shape index (κ3) is 72.8. The molecule has 0 bridgehead atoms. The Labute approximate surface area is 607 Å². The van der Waals surface area contributed by atoms with E-state index < -0.39 is 97.5 Å². The highest BCUT2D eigenvalue weighted by molar-refractivity contribution is 7.47. The Kier molecular flexibility index (Phi) is 67.8. The maximum atomic E-state index is 13.1. The number of hydrogen-bond donors (Lipinski definition) is 3. The van der Waals surface area contributed by atoms with Crippen molar-refractivity contribution in [1.82, 2.24) is 0 Å². The van der Waals surface area contributed by atoms with Crippen molar-refractivity contribution in [2.75, 3.05) is 39.6 Å². The summed E-state index contributed by atoms with van der Waals surface area (Å²) in [7, 11) is -9.92. The van der Waals surface area contributed by atoms with Gasteiger partial charge in [0.2, 0.25) is 0 Å². The molecular weight excluding hydrogens is 1290 g/mol. The molecule has 0 aromatic heterocycles. The van der Waals surface area contributed by atoms with E-state index in [0.717, 1.165) is 114 Å². The van der Waals surface area contributed by atoms with Crippen molar-refractivity contribution in [3.8, 4) is 0 Å². The second kappa shape index (κ2) is 69.1. The monoisotopic (exact) mass is 1450 g/mol. The van der Waals surface area contributed by atoms with Crippen molar-refractivity contribution >= 4 is 39.5 Å². The molecule has 0 saturated carbocycles. The summed E-state index contributed by atoms with van der Waals surface area (Å²) in [6.45, 7) is 14.3. The van der Waals surface area contributed by atoms with Crippen LogP contribution in [0.5, 0.6) is 0 Å². The van der Waals surface area contributed by atoms with Crippen molar-refractivity contribution in [3.63, 3.8) is 0 Å². The number of phosphoric acid groups is 2. The number of phosphoric ester groups is 2. The van der Waals surface area contributed by atoms with E-state index in [9.17, 15) is 43.2 Å². The van der Waals surface area contributed by atoms with Gasteiger partial charge in [0.25, 0.3) is 0 Å². The van der Waals surface area contributed by atoms with Crippen molar-refractivity contribution in [2.24, 2.45) is 23.7 Å². The van der Waals surface area contributed by atoms with E-state index in [0.29, 0.717) is 31.6 Å². The van der Waals surface area contributed by atoms with E-state index >= 15 is 0 Å². The molecule has 0 radical (unpaired) electrons. The lowest BCUT2D eigenvalue weighted by molar-refractivity contribution is -0.161.